The number of hydrogen-bond acceptors (Lipinski definition) is 3. The van der Waals surface area contributed by atoms with Crippen LogP contribution in [0.2, 0.25) is 0 Å². The fourth-order valence-corrected chi connectivity index (χ4v) is 1.98. The molecule has 0 saturated carbocycles. The minimum atomic E-state index is -0.0747. The van der Waals surface area contributed by atoms with E-state index in [0.717, 1.165) is 17.8 Å². The Labute approximate surface area is 99.3 Å². The van der Waals surface area contributed by atoms with Gasteiger partial charge in [0.15, 0.2) is 0 Å². The number of carbonyl (C=O) groups is 1. The molecule has 2 aromatic heterocycles. The lowest BCUT2D eigenvalue weighted by molar-refractivity contribution is 0.0945. The van der Waals surface area contributed by atoms with Gasteiger partial charge in [-0.05, 0) is 6.07 Å². The number of rotatable bonds is 1. The molecule has 3 rings (SSSR count). The fourth-order valence-electron chi connectivity index (χ4n) is 1.98. The molecule has 6 heteroatoms. The number of hydrogen-bond donors (Lipinski definition) is 1. The smallest absolute Gasteiger partial charge is 0.254 e. The molecule has 0 fully saturated rings. The molecule has 82 valence electrons. The lowest BCUT2D eigenvalue weighted by atomic mass is 9.98. The highest BCUT2D eigenvalue weighted by Crippen LogP contribution is 2.16. The highest BCUT2D eigenvalue weighted by molar-refractivity contribution is 6.32. The van der Waals surface area contributed by atoms with Gasteiger partial charge in [-0.1, -0.05) is 5.46 Å². The van der Waals surface area contributed by atoms with Crippen molar-refractivity contribution in [1.82, 2.24) is 20.1 Å². The van der Waals surface area contributed by atoms with Crippen LogP contribution in [0.1, 0.15) is 16.1 Å². The van der Waals surface area contributed by atoms with Gasteiger partial charge in [0.1, 0.15) is 7.85 Å². The summed E-state index contributed by atoms with van der Waals surface area (Å²) < 4.78 is 1.72. The Morgan fingerprint density at radius 1 is 1.35 bits per heavy atom. The highest BCUT2D eigenvalue weighted by atomic mass is 16.1. The molecule has 0 bridgehead atoms. The highest BCUT2D eigenvalue weighted by Gasteiger charge is 2.21. The van der Waals surface area contributed by atoms with Crippen LogP contribution >= 0.6 is 0 Å². The van der Waals surface area contributed by atoms with E-state index >= 15 is 0 Å². The first-order chi connectivity index (χ1) is 8.25. The molecule has 0 aromatic carbocycles. The summed E-state index contributed by atoms with van der Waals surface area (Å²) in [5.41, 5.74) is 2.88. The normalized spacial score (nSPS) is 14.2. The largest absolute Gasteiger partial charge is 0.352 e. The molecule has 2 radical (unpaired) electrons. The molecule has 0 aliphatic carbocycles. The molecular weight excluding hydrogens is 215 g/mol. The van der Waals surface area contributed by atoms with E-state index in [1.54, 1.807) is 29.3 Å². The summed E-state index contributed by atoms with van der Waals surface area (Å²) in [6.45, 7) is 0.632. The van der Waals surface area contributed by atoms with E-state index in [0.29, 0.717) is 17.6 Å². The van der Waals surface area contributed by atoms with Crippen LogP contribution in [0.5, 0.6) is 0 Å². The van der Waals surface area contributed by atoms with Gasteiger partial charge in [-0.3, -0.25) is 9.78 Å². The van der Waals surface area contributed by atoms with Gasteiger partial charge in [0.25, 0.3) is 5.91 Å². The third kappa shape index (κ3) is 1.61. The van der Waals surface area contributed by atoms with Crippen molar-refractivity contribution >= 4 is 19.2 Å². The number of nitrogens with one attached hydrogen (secondary N) is 1. The third-order valence-electron chi connectivity index (χ3n) is 2.75. The molecule has 3 heterocycles. The fraction of sp³-hybridized carbons (Fsp3) is 0.182. The first-order valence-corrected chi connectivity index (χ1v) is 5.32. The van der Waals surface area contributed by atoms with Crippen molar-refractivity contribution in [2.75, 3.05) is 6.54 Å². The summed E-state index contributed by atoms with van der Waals surface area (Å²) in [7, 11) is 5.69. The van der Waals surface area contributed by atoms with Crippen LogP contribution in [-0.2, 0) is 6.42 Å². The Bertz CT molecular complexity index is 593. The van der Waals surface area contributed by atoms with Crippen molar-refractivity contribution in [1.29, 1.82) is 0 Å². The van der Waals surface area contributed by atoms with Gasteiger partial charge in [-0.25, -0.2) is 4.68 Å². The van der Waals surface area contributed by atoms with Gasteiger partial charge in [-0.2, -0.15) is 5.10 Å². The number of pyridine rings is 1. The van der Waals surface area contributed by atoms with Gasteiger partial charge in [0, 0.05) is 19.2 Å². The van der Waals surface area contributed by atoms with Crippen molar-refractivity contribution in [2.45, 2.75) is 6.42 Å². The predicted octanol–water partition coefficient (Wildman–Crippen LogP) is -0.653. The summed E-state index contributed by atoms with van der Waals surface area (Å²) in [5, 5.41) is 7.00. The topological polar surface area (TPSA) is 59.8 Å². The number of aromatic nitrogens is 3. The van der Waals surface area contributed by atoms with E-state index in [-0.39, 0.29) is 5.91 Å². The molecule has 2 aromatic rings. The monoisotopic (exact) mass is 224 g/mol. The van der Waals surface area contributed by atoms with E-state index in [2.05, 4.69) is 15.4 Å². The SMILES string of the molecule is [B]c1cncc(-n2ncc3c2CCNC3=O)c1. The van der Waals surface area contributed by atoms with Crippen LogP contribution in [0.3, 0.4) is 0 Å². The second kappa shape index (κ2) is 3.73. The van der Waals surface area contributed by atoms with Crippen LogP contribution in [0, 0.1) is 0 Å². The molecular formula is C11H9BN4O. The van der Waals surface area contributed by atoms with Crippen molar-refractivity contribution < 1.29 is 4.79 Å². The zero-order valence-corrected chi connectivity index (χ0v) is 9.05. The first-order valence-electron chi connectivity index (χ1n) is 5.32. The van der Waals surface area contributed by atoms with Gasteiger partial charge in [-0.15, -0.1) is 0 Å². The second-order valence-corrected chi connectivity index (χ2v) is 3.90. The zero-order valence-electron chi connectivity index (χ0n) is 9.05. The van der Waals surface area contributed by atoms with Crippen LogP contribution in [0.15, 0.2) is 24.7 Å². The van der Waals surface area contributed by atoms with Crippen molar-refractivity contribution in [2.24, 2.45) is 0 Å². The Kier molecular flexibility index (Phi) is 2.21. The average Bonchev–Trinajstić information content (AvgIpc) is 2.74. The maximum Gasteiger partial charge on any atom is 0.254 e. The number of amides is 1. The van der Waals surface area contributed by atoms with Gasteiger partial charge in [0.2, 0.25) is 0 Å². The molecule has 0 unspecified atom stereocenters. The Morgan fingerprint density at radius 3 is 3.06 bits per heavy atom. The molecule has 17 heavy (non-hydrogen) atoms. The molecule has 1 amide bonds. The van der Waals surface area contributed by atoms with E-state index < -0.39 is 0 Å². The molecule has 0 saturated heterocycles. The lowest BCUT2D eigenvalue weighted by Gasteiger charge is -2.14. The summed E-state index contributed by atoms with van der Waals surface area (Å²) in [4.78, 5) is 15.6. The van der Waals surface area contributed by atoms with E-state index in [1.807, 2.05) is 0 Å². The van der Waals surface area contributed by atoms with Crippen molar-refractivity contribution in [3.05, 3.63) is 35.9 Å². The second-order valence-electron chi connectivity index (χ2n) is 3.90. The quantitative estimate of drug-likeness (QED) is 0.654. The molecule has 1 aliphatic rings. The van der Waals surface area contributed by atoms with Crippen LogP contribution < -0.4 is 10.8 Å². The van der Waals surface area contributed by atoms with E-state index in [1.165, 1.54) is 0 Å². The number of fused-ring (bicyclic) bond motifs is 1. The molecule has 1 aliphatic heterocycles. The lowest BCUT2D eigenvalue weighted by Crippen LogP contribution is -2.32. The summed E-state index contributed by atoms with van der Waals surface area (Å²) >= 11 is 0. The first kappa shape index (κ1) is 10.1. The minimum Gasteiger partial charge on any atom is -0.352 e. The Balaban J connectivity index is 2.13. The van der Waals surface area contributed by atoms with Crippen molar-refractivity contribution in [3.63, 3.8) is 0 Å². The van der Waals surface area contributed by atoms with Crippen LogP contribution in [0.25, 0.3) is 5.69 Å². The Hall–Kier alpha value is -2.11. The van der Waals surface area contributed by atoms with Crippen LogP contribution in [-0.4, -0.2) is 35.1 Å². The number of nitrogens with zero attached hydrogens (tertiary/aromatic N) is 3. The minimum absolute atomic E-state index is 0.0747. The maximum absolute atomic E-state index is 11.6. The molecule has 1 N–H and O–H groups in total. The zero-order chi connectivity index (χ0) is 11.8. The summed E-state index contributed by atoms with van der Waals surface area (Å²) in [6.07, 6.45) is 5.59. The van der Waals surface area contributed by atoms with Gasteiger partial charge < -0.3 is 5.32 Å². The summed E-state index contributed by atoms with van der Waals surface area (Å²) in [5.74, 6) is -0.0747. The van der Waals surface area contributed by atoms with Crippen molar-refractivity contribution in [3.8, 4) is 5.69 Å². The Morgan fingerprint density at radius 2 is 2.24 bits per heavy atom. The van der Waals surface area contributed by atoms with E-state index in [9.17, 15) is 4.79 Å². The third-order valence-corrected chi connectivity index (χ3v) is 2.75. The molecule has 0 spiro atoms. The average molecular weight is 224 g/mol. The molecule has 5 nitrogen and oxygen atoms in total. The van der Waals surface area contributed by atoms with Gasteiger partial charge >= 0.3 is 0 Å². The maximum atomic E-state index is 11.6. The predicted molar refractivity (Wildman–Crippen MR) is 62.8 cm³/mol. The van der Waals surface area contributed by atoms with E-state index in [4.69, 9.17) is 7.85 Å². The molecule has 0 atom stereocenters. The number of carbonyl (C=O) groups excluding carboxylic acids is 1. The van der Waals surface area contributed by atoms with Crippen LogP contribution in [0.4, 0.5) is 0 Å². The summed E-state index contributed by atoms with van der Waals surface area (Å²) in [6, 6.07) is 1.78. The standard InChI is InChI=1S/C11H9BN4O/c12-7-3-8(5-13-4-7)16-10-1-2-14-11(17)9(10)6-15-16/h3-6H,1-2H2,(H,14,17). The van der Waals surface area contributed by atoms with Gasteiger partial charge in [0.05, 0.1) is 29.3 Å².